The van der Waals surface area contributed by atoms with Gasteiger partial charge < -0.3 is 15.1 Å². The van der Waals surface area contributed by atoms with E-state index in [0.29, 0.717) is 5.95 Å². The Labute approximate surface area is 166 Å². The van der Waals surface area contributed by atoms with Gasteiger partial charge in [-0.25, -0.2) is 0 Å². The summed E-state index contributed by atoms with van der Waals surface area (Å²) in [6.45, 7) is 8.63. The fraction of sp³-hybridized carbons (Fsp3) is 0.318. The second-order valence-electron chi connectivity index (χ2n) is 7.30. The van der Waals surface area contributed by atoms with Gasteiger partial charge in [-0.3, -0.25) is 0 Å². The van der Waals surface area contributed by atoms with Crippen molar-refractivity contribution in [2.75, 3.05) is 41.3 Å². The highest BCUT2D eigenvalue weighted by Crippen LogP contribution is 2.20. The first-order valence-corrected chi connectivity index (χ1v) is 9.73. The molecule has 0 aliphatic carbocycles. The van der Waals surface area contributed by atoms with E-state index in [9.17, 15) is 0 Å². The van der Waals surface area contributed by atoms with E-state index in [4.69, 9.17) is 0 Å². The summed E-state index contributed by atoms with van der Waals surface area (Å²) in [6, 6.07) is 17.1. The van der Waals surface area contributed by atoms with Crippen molar-refractivity contribution in [2.24, 2.45) is 0 Å². The van der Waals surface area contributed by atoms with Crippen LogP contribution < -0.4 is 15.1 Å². The van der Waals surface area contributed by atoms with E-state index in [0.717, 1.165) is 38.5 Å². The summed E-state index contributed by atoms with van der Waals surface area (Å²) >= 11 is 0. The Hall–Kier alpha value is -3.15. The van der Waals surface area contributed by atoms with Gasteiger partial charge in [-0.2, -0.15) is 10.1 Å². The largest absolute Gasteiger partial charge is 0.368 e. The summed E-state index contributed by atoms with van der Waals surface area (Å²) in [5.41, 5.74) is 5.06. The molecule has 0 saturated carbocycles. The van der Waals surface area contributed by atoms with E-state index in [1.165, 1.54) is 22.4 Å². The molecule has 0 unspecified atom stereocenters. The van der Waals surface area contributed by atoms with Crippen LogP contribution >= 0.6 is 0 Å². The summed E-state index contributed by atoms with van der Waals surface area (Å²) < 4.78 is 0. The van der Waals surface area contributed by atoms with Gasteiger partial charge in [0.05, 0.1) is 6.20 Å². The monoisotopic (exact) mass is 374 g/mol. The van der Waals surface area contributed by atoms with Crippen molar-refractivity contribution in [1.29, 1.82) is 0 Å². The number of rotatable bonds is 5. The Bertz CT molecular complexity index is 934. The highest BCUT2D eigenvalue weighted by Gasteiger charge is 2.20. The second-order valence-corrected chi connectivity index (χ2v) is 7.30. The van der Waals surface area contributed by atoms with Crippen LogP contribution in [0.15, 0.2) is 54.7 Å². The molecule has 0 amide bonds. The Balaban J connectivity index is 1.37. The molecular formula is C22H26N6. The third-order valence-corrected chi connectivity index (χ3v) is 5.03. The Kier molecular flexibility index (Phi) is 5.37. The molecule has 0 atom stereocenters. The third kappa shape index (κ3) is 4.39. The van der Waals surface area contributed by atoms with Crippen molar-refractivity contribution >= 4 is 17.5 Å². The number of piperazine rings is 1. The number of benzene rings is 2. The van der Waals surface area contributed by atoms with E-state index in [1.807, 2.05) is 0 Å². The van der Waals surface area contributed by atoms with Crippen LogP contribution in [0.2, 0.25) is 0 Å². The molecule has 6 nitrogen and oxygen atoms in total. The molecule has 0 bridgehead atoms. The Morgan fingerprint density at radius 1 is 0.893 bits per heavy atom. The number of nitrogens with one attached hydrogen (secondary N) is 1. The molecule has 144 valence electrons. The van der Waals surface area contributed by atoms with Crippen LogP contribution in [0.25, 0.3) is 0 Å². The molecule has 28 heavy (non-hydrogen) atoms. The number of anilines is 3. The maximum Gasteiger partial charge on any atom is 0.247 e. The highest BCUT2D eigenvalue weighted by molar-refractivity contribution is 5.50. The van der Waals surface area contributed by atoms with Crippen LogP contribution in [-0.2, 0) is 6.54 Å². The number of aromatic nitrogens is 3. The van der Waals surface area contributed by atoms with Gasteiger partial charge in [0.2, 0.25) is 5.95 Å². The van der Waals surface area contributed by atoms with Crippen molar-refractivity contribution in [1.82, 2.24) is 15.2 Å². The maximum absolute atomic E-state index is 4.67. The standard InChI is InChI=1S/C22H26N6/c1-17-5-3-7-19(13-17)15-23-21-16-24-26-22(25-21)28-11-9-27(10-12-28)20-8-4-6-18(2)14-20/h3-8,13-14,16H,9-12,15H2,1-2H3,(H,23,25,26). The summed E-state index contributed by atoms with van der Waals surface area (Å²) in [4.78, 5) is 9.29. The molecule has 1 N–H and O–H groups in total. The van der Waals surface area contributed by atoms with Crippen LogP contribution in [0.3, 0.4) is 0 Å². The van der Waals surface area contributed by atoms with E-state index in [1.54, 1.807) is 6.20 Å². The lowest BCUT2D eigenvalue weighted by molar-refractivity contribution is 0.635. The van der Waals surface area contributed by atoms with Gasteiger partial charge in [0.25, 0.3) is 0 Å². The highest BCUT2D eigenvalue weighted by atomic mass is 15.4. The minimum atomic E-state index is 0.693. The maximum atomic E-state index is 4.67. The van der Waals surface area contributed by atoms with E-state index in [-0.39, 0.29) is 0 Å². The third-order valence-electron chi connectivity index (χ3n) is 5.03. The lowest BCUT2D eigenvalue weighted by atomic mass is 10.1. The van der Waals surface area contributed by atoms with Crippen LogP contribution in [0.5, 0.6) is 0 Å². The molecule has 2 heterocycles. The Morgan fingerprint density at radius 3 is 2.36 bits per heavy atom. The fourth-order valence-corrected chi connectivity index (χ4v) is 3.52. The molecule has 4 rings (SSSR count). The quantitative estimate of drug-likeness (QED) is 0.738. The number of hydrogen-bond acceptors (Lipinski definition) is 6. The van der Waals surface area contributed by atoms with Gasteiger partial charge in [-0.05, 0) is 37.1 Å². The molecule has 3 aromatic rings. The van der Waals surface area contributed by atoms with Gasteiger partial charge in [0.1, 0.15) is 0 Å². The summed E-state index contributed by atoms with van der Waals surface area (Å²) in [7, 11) is 0. The zero-order valence-corrected chi connectivity index (χ0v) is 16.5. The first kappa shape index (κ1) is 18.2. The van der Waals surface area contributed by atoms with Crippen LogP contribution in [0, 0.1) is 13.8 Å². The van der Waals surface area contributed by atoms with Gasteiger partial charge in [-0.15, -0.1) is 5.10 Å². The van der Waals surface area contributed by atoms with Gasteiger partial charge in [0, 0.05) is 38.4 Å². The van der Waals surface area contributed by atoms with Crippen molar-refractivity contribution in [3.63, 3.8) is 0 Å². The first-order chi connectivity index (χ1) is 13.7. The Morgan fingerprint density at radius 2 is 1.61 bits per heavy atom. The molecule has 1 fully saturated rings. The summed E-state index contributed by atoms with van der Waals surface area (Å²) in [5, 5.41) is 11.8. The topological polar surface area (TPSA) is 57.2 Å². The summed E-state index contributed by atoms with van der Waals surface area (Å²) in [5.74, 6) is 1.45. The SMILES string of the molecule is Cc1cccc(CNc2cnnc(N3CCN(c4cccc(C)c4)CC3)n2)c1. The zero-order chi connectivity index (χ0) is 19.3. The molecule has 1 saturated heterocycles. The number of hydrogen-bond donors (Lipinski definition) is 1. The predicted octanol–water partition coefficient (Wildman–Crippen LogP) is 3.43. The van der Waals surface area contributed by atoms with Crippen molar-refractivity contribution in [2.45, 2.75) is 20.4 Å². The smallest absolute Gasteiger partial charge is 0.247 e. The predicted molar refractivity (Wildman–Crippen MR) is 114 cm³/mol. The van der Waals surface area contributed by atoms with Crippen molar-refractivity contribution in [3.8, 4) is 0 Å². The fourth-order valence-electron chi connectivity index (χ4n) is 3.52. The van der Waals surface area contributed by atoms with Crippen molar-refractivity contribution < 1.29 is 0 Å². The van der Waals surface area contributed by atoms with Crippen LogP contribution in [-0.4, -0.2) is 41.4 Å². The molecule has 1 aromatic heterocycles. The van der Waals surface area contributed by atoms with Crippen LogP contribution in [0.1, 0.15) is 16.7 Å². The number of aryl methyl sites for hydroxylation is 2. The second kappa shape index (κ2) is 8.25. The van der Waals surface area contributed by atoms with Crippen molar-refractivity contribution in [3.05, 3.63) is 71.4 Å². The molecule has 6 heteroatoms. The molecule has 1 aliphatic heterocycles. The summed E-state index contributed by atoms with van der Waals surface area (Å²) in [6.07, 6.45) is 1.68. The van der Waals surface area contributed by atoms with Gasteiger partial charge in [0.15, 0.2) is 5.82 Å². The molecule has 1 aliphatic rings. The minimum absolute atomic E-state index is 0.693. The minimum Gasteiger partial charge on any atom is -0.368 e. The molecule has 2 aromatic carbocycles. The molecule has 0 spiro atoms. The average Bonchev–Trinajstić information content (AvgIpc) is 2.73. The van der Waals surface area contributed by atoms with Gasteiger partial charge >= 0.3 is 0 Å². The number of nitrogens with zero attached hydrogens (tertiary/aromatic N) is 5. The first-order valence-electron chi connectivity index (χ1n) is 9.73. The lowest BCUT2D eigenvalue weighted by Gasteiger charge is -2.36. The molecular weight excluding hydrogens is 348 g/mol. The van der Waals surface area contributed by atoms with E-state index >= 15 is 0 Å². The average molecular weight is 374 g/mol. The normalized spacial score (nSPS) is 14.2. The zero-order valence-electron chi connectivity index (χ0n) is 16.5. The van der Waals surface area contributed by atoms with E-state index < -0.39 is 0 Å². The molecule has 0 radical (unpaired) electrons. The van der Waals surface area contributed by atoms with Crippen LogP contribution in [0.4, 0.5) is 17.5 Å². The lowest BCUT2D eigenvalue weighted by Crippen LogP contribution is -2.47. The van der Waals surface area contributed by atoms with E-state index in [2.05, 4.69) is 92.7 Å². The van der Waals surface area contributed by atoms with Gasteiger partial charge in [-0.1, -0.05) is 42.0 Å².